The normalized spacial score (nSPS) is 17.5. The van der Waals surface area contributed by atoms with Gasteiger partial charge < -0.3 is 5.32 Å². The van der Waals surface area contributed by atoms with Crippen LogP contribution in [0.5, 0.6) is 0 Å². The molecule has 1 N–H and O–H groups in total. The van der Waals surface area contributed by atoms with E-state index >= 15 is 0 Å². The van der Waals surface area contributed by atoms with E-state index in [1.807, 2.05) is 0 Å². The topological polar surface area (TPSA) is 35.8 Å². The SMILES string of the molecule is CCC(C)CC(C)NC(C)CC#N. The maximum absolute atomic E-state index is 8.49. The molecule has 0 bridgehead atoms. The average molecular weight is 182 g/mol. The van der Waals surface area contributed by atoms with Crippen LogP contribution in [0, 0.1) is 17.2 Å². The van der Waals surface area contributed by atoms with E-state index in [0.717, 1.165) is 5.92 Å². The summed E-state index contributed by atoms with van der Waals surface area (Å²) in [5.41, 5.74) is 0. The molecule has 0 aromatic heterocycles. The van der Waals surface area contributed by atoms with Crippen molar-refractivity contribution in [1.82, 2.24) is 5.32 Å². The summed E-state index contributed by atoms with van der Waals surface area (Å²) in [6.07, 6.45) is 3.04. The van der Waals surface area contributed by atoms with Gasteiger partial charge in [-0.05, 0) is 26.2 Å². The van der Waals surface area contributed by atoms with Gasteiger partial charge in [0.1, 0.15) is 0 Å². The molecule has 0 fully saturated rings. The van der Waals surface area contributed by atoms with E-state index in [4.69, 9.17) is 5.26 Å². The van der Waals surface area contributed by atoms with Crippen molar-refractivity contribution in [2.45, 2.75) is 59.0 Å². The van der Waals surface area contributed by atoms with Crippen LogP contribution in [0.1, 0.15) is 47.0 Å². The second kappa shape index (κ2) is 6.91. The van der Waals surface area contributed by atoms with Crippen LogP contribution < -0.4 is 5.32 Å². The molecule has 0 rings (SSSR count). The Hall–Kier alpha value is -0.550. The van der Waals surface area contributed by atoms with Gasteiger partial charge in [-0.2, -0.15) is 5.26 Å². The van der Waals surface area contributed by atoms with E-state index in [1.54, 1.807) is 0 Å². The Balaban J connectivity index is 3.61. The third kappa shape index (κ3) is 6.60. The minimum atomic E-state index is 0.323. The van der Waals surface area contributed by atoms with Crippen LogP contribution >= 0.6 is 0 Å². The molecule has 0 amide bonds. The summed E-state index contributed by atoms with van der Waals surface area (Å²) in [7, 11) is 0. The van der Waals surface area contributed by atoms with E-state index in [-0.39, 0.29) is 0 Å². The zero-order valence-electron chi connectivity index (χ0n) is 9.30. The zero-order valence-corrected chi connectivity index (χ0v) is 9.30. The van der Waals surface area contributed by atoms with E-state index < -0.39 is 0 Å². The molecule has 2 heteroatoms. The molecular formula is C11H22N2. The Kier molecular flexibility index (Phi) is 6.62. The van der Waals surface area contributed by atoms with Gasteiger partial charge in [-0.1, -0.05) is 20.3 Å². The predicted octanol–water partition coefficient (Wildman–Crippen LogP) is 2.70. The molecule has 76 valence electrons. The highest BCUT2D eigenvalue weighted by molar-refractivity contribution is 4.79. The quantitative estimate of drug-likeness (QED) is 0.685. The second-order valence-electron chi connectivity index (χ2n) is 4.08. The van der Waals surface area contributed by atoms with Crippen molar-refractivity contribution >= 4 is 0 Å². The van der Waals surface area contributed by atoms with E-state index in [9.17, 15) is 0 Å². The third-order valence-corrected chi connectivity index (χ3v) is 2.42. The van der Waals surface area contributed by atoms with E-state index in [2.05, 4.69) is 39.1 Å². The molecule has 3 atom stereocenters. The van der Waals surface area contributed by atoms with Gasteiger partial charge in [0.15, 0.2) is 0 Å². The molecule has 0 saturated heterocycles. The summed E-state index contributed by atoms with van der Waals surface area (Å²) in [5.74, 6) is 0.775. The van der Waals surface area contributed by atoms with Crippen molar-refractivity contribution < 1.29 is 0 Å². The maximum Gasteiger partial charge on any atom is 0.0638 e. The first-order chi connectivity index (χ1) is 6.10. The van der Waals surface area contributed by atoms with Gasteiger partial charge >= 0.3 is 0 Å². The molecule has 0 spiro atoms. The fourth-order valence-electron chi connectivity index (χ4n) is 1.52. The molecule has 0 aliphatic carbocycles. The van der Waals surface area contributed by atoms with Crippen LogP contribution in [-0.2, 0) is 0 Å². The van der Waals surface area contributed by atoms with Crippen LogP contribution in [0.3, 0.4) is 0 Å². The average Bonchev–Trinajstić information content (AvgIpc) is 2.04. The maximum atomic E-state index is 8.49. The van der Waals surface area contributed by atoms with Crippen molar-refractivity contribution in [3.05, 3.63) is 0 Å². The van der Waals surface area contributed by atoms with Crippen molar-refractivity contribution in [3.8, 4) is 6.07 Å². The molecule has 0 aromatic rings. The molecule has 0 saturated carbocycles. The molecule has 13 heavy (non-hydrogen) atoms. The molecule has 0 aromatic carbocycles. The molecule has 0 aliphatic rings. The summed E-state index contributed by atoms with van der Waals surface area (Å²) in [6.45, 7) is 8.75. The third-order valence-electron chi connectivity index (χ3n) is 2.42. The van der Waals surface area contributed by atoms with Gasteiger partial charge in [0, 0.05) is 12.1 Å². The van der Waals surface area contributed by atoms with Crippen LogP contribution in [0.4, 0.5) is 0 Å². The molecule has 0 aliphatic heterocycles. The Morgan fingerprint density at radius 1 is 1.23 bits per heavy atom. The second-order valence-corrected chi connectivity index (χ2v) is 4.08. The summed E-state index contributed by atoms with van der Waals surface area (Å²) in [5, 5.41) is 11.9. The van der Waals surface area contributed by atoms with Crippen molar-refractivity contribution in [1.29, 1.82) is 5.26 Å². The van der Waals surface area contributed by atoms with Gasteiger partial charge in [0.2, 0.25) is 0 Å². The number of nitrogens with zero attached hydrogens (tertiary/aromatic N) is 1. The van der Waals surface area contributed by atoms with Crippen LogP contribution in [-0.4, -0.2) is 12.1 Å². The summed E-state index contributed by atoms with van der Waals surface area (Å²) >= 11 is 0. The summed E-state index contributed by atoms with van der Waals surface area (Å²) in [6, 6.07) is 3.03. The smallest absolute Gasteiger partial charge is 0.0638 e. The van der Waals surface area contributed by atoms with Crippen molar-refractivity contribution in [3.63, 3.8) is 0 Å². The van der Waals surface area contributed by atoms with Crippen LogP contribution in [0.25, 0.3) is 0 Å². The first-order valence-corrected chi connectivity index (χ1v) is 5.23. The first-order valence-electron chi connectivity index (χ1n) is 5.23. The number of hydrogen-bond acceptors (Lipinski definition) is 2. The van der Waals surface area contributed by atoms with Gasteiger partial charge in [-0.15, -0.1) is 0 Å². The van der Waals surface area contributed by atoms with Crippen molar-refractivity contribution in [2.75, 3.05) is 0 Å². The summed E-state index contributed by atoms with van der Waals surface area (Å²) < 4.78 is 0. The van der Waals surface area contributed by atoms with Gasteiger partial charge in [0.05, 0.1) is 12.5 Å². The summed E-state index contributed by atoms with van der Waals surface area (Å²) in [4.78, 5) is 0. The Morgan fingerprint density at radius 3 is 2.31 bits per heavy atom. The number of hydrogen-bond donors (Lipinski definition) is 1. The lowest BCUT2D eigenvalue weighted by atomic mass is 10.00. The number of rotatable bonds is 6. The van der Waals surface area contributed by atoms with Gasteiger partial charge in [0.25, 0.3) is 0 Å². The fraction of sp³-hybridized carbons (Fsp3) is 0.909. The fourth-order valence-corrected chi connectivity index (χ4v) is 1.52. The Labute approximate surface area is 82.3 Å². The minimum Gasteiger partial charge on any atom is -0.311 e. The largest absolute Gasteiger partial charge is 0.311 e. The zero-order chi connectivity index (χ0) is 10.3. The number of nitriles is 1. The predicted molar refractivity (Wildman–Crippen MR) is 56.4 cm³/mol. The van der Waals surface area contributed by atoms with Crippen LogP contribution in [0.15, 0.2) is 0 Å². The van der Waals surface area contributed by atoms with Crippen LogP contribution in [0.2, 0.25) is 0 Å². The van der Waals surface area contributed by atoms with E-state index in [0.29, 0.717) is 18.5 Å². The minimum absolute atomic E-state index is 0.323. The Morgan fingerprint density at radius 2 is 1.85 bits per heavy atom. The molecule has 0 heterocycles. The van der Waals surface area contributed by atoms with Crippen molar-refractivity contribution in [2.24, 2.45) is 5.92 Å². The molecule has 3 unspecified atom stereocenters. The number of nitrogens with one attached hydrogen (secondary N) is 1. The monoisotopic (exact) mass is 182 g/mol. The highest BCUT2D eigenvalue weighted by Gasteiger charge is 2.09. The molecular weight excluding hydrogens is 160 g/mol. The van der Waals surface area contributed by atoms with Gasteiger partial charge in [-0.3, -0.25) is 0 Å². The lowest BCUT2D eigenvalue weighted by molar-refractivity contribution is 0.383. The molecule has 0 radical (unpaired) electrons. The van der Waals surface area contributed by atoms with E-state index in [1.165, 1.54) is 12.8 Å². The Bertz CT molecular complexity index is 160. The highest BCUT2D eigenvalue weighted by atomic mass is 14.9. The standard InChI is InChI=1S/C11H22N2/c1-5-9(2)8-11(4)13-10(3)6-7-12/h9-11,13H,5-6,8H2,1-4H3. The molecule has 2 nitrogen and oxygen atoms in total. The highest BCUT2D eigenvalue weighted by Crippen LogP contribution is 2.10. The lowest BCUT2D eigenvalue weighted by Crippen LogP contribution is -2.35. The van der Waals surface area contributed by atoms with Gasteiger partial charge in [-0.25, -0.2) is 0 Å². The lowest BCUT2D eigenvalue weighted by Gasteiger charge is -2.20. The first kappa shape index (κ1) is 12.4.